The van der Waals surface area contributed by atoms with Gasteiger partial charge in [0.05, 0.1) is 6.07 Å². The summed E-state index contributed by atoms with van der Waals surface area (Å²) in [5.74, 6) is -0.510. The van der Waals surface area contributed by atoms with Crippen LogP contribution in [0.15, 0.2) is 60.7 Å². The smallest absolute Gasteiger partial charge is 0.243 e. The Morgan fingerprint density at radius 2 is 1.78 bits per heavy atom. The molecule has 5 rings (SSSR count). The Morgan fingerprint density at radius 3 is 2.59 bits per heavy atom. The lowest BCUT2D eigenvalue weighted by Crippen LogP contribution is -2.60. The van der Waals surface area contributed by atoms with E-state index >= 15 is 0 Å². The van der Waals surface area contributed by atoms with Gasteiger partial charge in [-0.2, -0.15) is 5.26 Å². The molecule has 2 atom stereocenters. The van der Waals surface area contributed by atoms with Crippen molar-refractivity contribution in [3.05, 3.63) is 71.8 Å². The molecule has 130 valence electrons. The average Bonchev–Trinajstić information content (AvgIpc) is 2.99. The molecule has 5 nitrogen and oxygen atoms in total. The number of carbonyl (C=O) groups excluding carboxylic acids is 1. The molecule has 0 saturated carbocycles. The molecular formula is C21H12ClN3O2. The van der Waals surface area contributed by atoms with Crippen molar-refractivity contribution in [1.82, 2.24) is 0 Å². The molecule has 0 bridgehead atoms. The number of nitrogens with zero attached hydrogens (tertiary/aromatic N) is 1. The Hall–Kier alpha value is -3.36. The summed E-state index contributed by atoms with van der Waals surface area (Å²) in [6.45, 7) is 0. The Bertz CT molecular complexity index is 1220. The number of halogens is 1. The van der Waals surface area contributed by atoms with Gasteiger partial charge in [-0.3, -0.25) is 10.2 Å². The molecule has 2 aliphatic rings. The van der Waals surface area contributed by atoms with Crippen LogP contribution in [-0.2, 0) is 10.2 Å². The lowest BCUT2D eigenvalue weighted by Gasteiger charge is -2.42. The minimum absolute atomic E-state index is 0.386. The molecule has 6 heteroatoms. The number of rotatable bonds is 0. The van der Waals surface area contributed by atoms with Gasteiger partial charge in [0.2, 0.25) is 16.7 Å². The molecule has 1 amide bonds. The highest BCUT2D eigenvalue weighted by atomic mass is 35.5. The number of ether oxygens (including phenoxy) is 1. The summed E-state index contributed by atoms with van der Waals surface area (Å²) in [6.07, 6.45) is 0. The monoisotopic (exact) mass is 373 g/mol. The summed E-state index contributed by atoms with van der Waals surface area (Å²) >= 11 is 6.70. The third kappa shape index (κ3) is 1.69. The Morgan fingerprint density at radius 1 is 1.04 bits per heavy atom. The minimum Gasteiger partial charge on any atom is -0.439 e. The molecule has 0 aliphatic carbocycles. The van der Waals surface area contributed by atoms with Gasteiger partial charge in [-0.1, -0.05) is 66.2 Å². The van der Waals surface area contributed by atoms with Crippen molar-refractivity contribution >= 4 is 39.9 Å². The summed E-state index contributed by atoms with van der Waals surface area (Å²) in [7, 11) is 0. The van der Waals surface area contributed by atoms with E-state index in [4.69, 9.17) is 21.7 Å². The largest absolute Gasteiger partial charge is 0.439 e. The summed E-state index contributed by atoms with van der Waals surface area (Å²) in [4.78, 5) is 11.3. The predicted molar refractivity (Wildman–Crippen MR) is 102 cm³/mol. The van der Waals surface area contributed by atoms with Gasteiger partial charge in [-0.05, 0) is 17.0 Å². The zero-order chi connectivity index (χ0) is 18.8. The van der Waals surface area contributed by atoms with Gasteiger partial charge in [-0.15, -0.1) is 0 Å². The van der Waals surface area contributed by atoms with Gasteiger partial charge in [0.25, 0.3) is 0 Å². The van der Waals surface area contributed by atoms with Gasteiger partial charge in [0, 0.05) is 16.6 Å². The Kier molecular flexibility index (Phi) is 2.99. The standard InChI is InChI=1S/C21H12ClN3O2/c22-20(11-23)18(24)27-17-13-6-2-1-5-12(13)9-10-15(17)21(20)14-7-3-4-8-16(14)25-19(21)26/h1-10,24H,(H,25,26). The fourth-order valence-electron chi connectivity index (χ4n) is 4.18. The third-order valence-corrected chi connectivity index (χ3v) is 5.93. The molecule has 0 saturated heterocycles. The first-order chi connectivity index (χ1) is 13.0. The molecule has 2 heterocycles. The number of amides is 1. The Labute approximate surface area is 159 Å². The van der Waals surface area contributed by atoms with Crippen molar-refractivity contribution in [2.75, 3.05) is 5.32 Å². The van der Waals surface area contributed by atoms with Crippen molar-refractivity contribution in [3.8, 4) is 11.8 Å². The van der Waals surface area contributed by atoms with Crippen LogP contribution in [0.2, 0.25) is 0 Å². The first-order valence-corrected chi connectivity index (χ1v) is 8.72. The first kappa shape index (κ1) is 15.9. The topological polar surface area (TPSA) is 86.0 Å². The van der Waals surface area contributed by atoms with Crippen molar-refractivity contribution in [2.24, 2.45) is 0 Å². The molecular weight excluding hydrogens is 362 g/mol. The van der Waals surface area contributed by atoms with Crippen LogP contribution < -0.4 is 10.1 Å². The molecule has 2 aliphatic heterocycles. The van der Waals surface area contributed by atoms with Crippen molar-refractivity contribution < 1.29 is 9.53 Å². The van der Waals surface area contributed by atoms with Crippen molar-refractivity contribution in [2.45, 2.75) is 10.3 Å². The van der Waals surface area contributed by atoms with E-state index in [9.17, 15) is 10.1 Å². The summed E-state index contributed by atoms with van der Waals surface area (Å²) in [5, 5.41) is 22.9. The normalized spacial score (nSPS) is 25.5. The number of nitriles is 1. The zero-order valence-electron chi connectivity index (χ0n) is 13.9. The number of carbonyl (C=O) groups is 1. The fourth-order valence-corrected chi connectivity index (χ4v) is 4.51. The number of alkyl halides is 1. The Balaban J connectivity index is 1.99. The van der Waals surface area contributed by atoms with Crippen LogP contribution in [0.3, 0.4) is 0 Å². The SMILES string of the molecule is N#CC1(Cl)C(=N)Oc2c(ccc3ccccc23)C12C(=O)Nc1ccccc12. The number of anilines is 1. The van der Waals surface area contributed by atoms with Gasteiger partial charge in [-0.25, -0.2) is 0 Å². The van der Waals surface area contributed by atoms with Gasteiger partial charge in [0.15, 0.2) is 0 Å². The highest BCUT2D eigenvalue weighted by molar-refractivity contribution is 6.42. The lowest BCUT2D eigenvalue weighted by molar-refractivity contribution is -0.120. The molecule has 3 aromatic rings. The van der Waals surface area contributed by atoms with E-state index in [2.05, 4.69) is 5.32 Å². The molecule has 2 unspecified atom stereocenters. The van der Waals surface area contributed by atoms with E-state index in [1.165, 1.54) is 0 Å². The molecule has 2 N–H and O–H groups in total. The van der Waals surface area contributed by atoms with Crippen LogP contribution in [0.25, 0.3) is 10.8 Å². The van der Waals surface area contributed by atoms with E-state index < -0.39 is 22.1 Å². The molecule has 27 heavy (non-hydrogen) atoms. The minimum atomic E-state index is -2.00. The van der Waals surface area contributed by atoms with Gasteiger partial charge < -0.3 is 10.1 Å². The quantitative estimate of drug-likeness (QED) is 0.585. The average molecular weight is 374 g/mol. The van der Waals surface area contributed by atoms with Crippen molar-refractivity contribution in [3.63, 3.8) is 0 Å². The number of hydrogen-bond acceptors (Lipinski definition) is 4. The number of para-hydroxylation sites is 1. The van der Waals surface area contributed by atoms with E-state index in [0.717, 1.165) is 10.8 Å². The maximum absolute atomic E-state index is 13.3. The fraction of sp³-hybridized carbons (Fsp3) is 0.0952. The maximum Gasteiger partial charge on any atom is 0.243 e. The van der Waals surface area contributed by atoms with E-state index in [0.29, 0.717) is 22.6 Å². The lowest BCUT2D eigenvalue weighted by atomic mass is 9.64. The van der Waals surface area contributed by atoms with Crippen molar-refractivity contribution in [1.29, 1.82) is 10.7 Å². The summed E-state index contributed by atoms with van der Waals surface area (Å²) in [5.41, 5.74) is 0.0538. The summed E-state index contributed by atoms with van der Waals surface area (Å²) < 4.78 is 5.75. The zero-order valence-corrected chi connectivity index (χ0v) is 14.7. The second-order valence-corrected chi connectivity index (χ2v) is 7.18. The van der Waals surface area contributed by atoms with Crippen LogP contribution in [0.5, 0.6) is 5.75 Å². The van der Waals surface area contributed by atoms with E-state index in [-0.39, 0.29) is 0 Å². The summed E-state index contributed by atoms with van der Waals surface area (Å²) in [6, 6.07) is 20.3. The number of benzene rings is 3. The highest BCUT2D eigenvalue weighted by Crippen LogP contribution is 2.58. The molecule has 3 aromatic carbocycles. The number of fused-ring (bicyclic) bond motifs is 6. The first-order valence-electron chi connectivity index (χ1n) is 8.34. The maximum atomic E-state index is 13.3. The molecule has 0 fully saturated rings. The van der Waals surface area contributed by atoms with Crippen LogP contribution in [0, 0.1) is 16.7 Å². The number of hydrogen-bond donors (Lipinski definition) is 2. The van der Waals surface area contributed by atoms with E-state index in [1.54, 1.807) is 30.3 Å². The second-order valence-electron chi connectivity index (χ2n) is 6.61. The van der Waals surface area contributed by atoms with Crippen LogP contribution in [-0.4, -0.2) is 16.7 Å². The number of nitrogens with one attached hydrogen (secondary N) is 2. The van der Waals surface area contributed by atoms with Crippen LogP contribution in [0.1, 0.15) is 11.1 Å². The highest BCUT2D eigenvalue weighted by Gasteiger charge is 2.68. The predicted octanol–water partition coefficient (Wildman–Crippen LogP) is 3.95. The van der Waals surface area contributed by atoms with Gasteiger partial charge >= 0.3 is 0 Å². The molecule has 1 spiro atoms. The third-order valence-electron chi connectivity index (χ3n) is 5.39. The van der Waals surface area contributed by atoms with Gasteiger partial charge in [0.1, 0.15) is 11.2 Å². The molecule has 0 aromatic heterocycles. The second kappa shape index (κ2) is 5.09. The van der Waals surface area contributed by atoms with Crippen LogP contribution in [0.4, 0.5) is 5.69 Å². The molecule has 0 radical (unpaired) electrons. The van der Waals surface area contributed by atoms with E-state index in [1.807, 2.05) is 36.4 Å². The van der Waals surface area contributed by atoms with Crippen LogP contribution >= 0.6 is 11.6 Å².